The topological polar surface area (TPSA) is 27.7 Å². The number of hydrogen-bond donors (Lipinski definition) is 0. The molecule has 0 heterocycles. The minimum absolute atomic E-state index is 0.820. The van der Waals surface area contributed by atoms with E-state index in [-0.39, 0.29) is 0 Å². The Morgan fingerprint density at radius 3 is 1.57 bits per heavy atom. The Balaban J connectivity index is 2.69. The Morgan fingerprint density at radius 2 is 1.21 bits per heavy atom. The second-order valence-corrected chi connectivity index (χ2v) is 3.01. The van der Waals surface area contributed by atoms with E-state index in [2.05, 4.69) is 0 Å². The van der Waals surface area contributed by atoms with Gasteiger partial charge in [-0.3, -0.25) is 0 Å². The molecule has 0 aromatic heterocycles. The van der Waals surface area contributed by atoms with Crippen LogP contribution in [0.2, 0.25) is 0 Å². The average Bonchev–Trinajstić information content (AvgIpc) is 2.28. The molecule has 2 bridgehead atoms. The maximum absolute atomic E-state index is 5.23. The monoisotopic (exact) mass is 192 g/mol. The molecule has 3 heteroatoms. The van der Waals surface area contributed by atoms with E-state index in [1.54, 1.807) is 21.3 Å². The van der Waals surface area contributed by atoms with E-state index < -0.39 is 0 Å². The zero-order chi connectivity index (χ0) is 10.1. The highest BCUT2D eigenvalue weighted by atomic mass is 16.5. The summed E-state index contributed by atoms with van der Waals surface area (Å²) in [4.78, 5) is 0. The largest absolute Gasteiger partial charge is 0.496 e. The van der Waals surface area contributed by atoms with Crippen molar-refractivity contribution in [1.29, 1.82) is 0 Å². The first-order chi connectivity index (χ1) is 6.80. The number of benzene rings is 3. The maximum Gasteiger partial charge on any atom is 0.130 e. The molecule has 0 aliphatic heterocycles. The molecule has 14 heavy (non-hydrogen) atoms. The number of methoxy groups -OCH3 is 3. The van der Waals surface area contributed by atoms with E-state index in [4.69, 9.17) is 14.2 Å². The van der Waals surface area contributed by atoms with Gasteiger partial charge in [-0.1, -0.05) is 0 Å². The highest BCUT2D eigenvalue weighted by Crippen LogP contribution is 2.40. The number of hydrogen-bond acceptors (Lipinski definition) is 3. The normalized spacial score (nSPS) is 10.5. The summed E-state index contributed by atoms with van der Waals surface area (Å²) < 4.78 is 15.7. The standard InChI is InChI=1S/C11H12O3/c1-12-9-6-8-10(13-2)4-7(9)5-11(8)14-3/h4-6H,1-3H3. The van der Waals surface area contributed by atoms with Crippen LogP contribution < -0.4 is 14.2 Å². The Kier molecular flexibility index (Phi) is 2.08. The summed E-state index contributed by atoms with van der Waals surface area (Å²) in [7, 11) is 4.95. The van der Waals surface area contributed by atoms with Crippen molar-refractivity contribution < 1.29 is 14.2 Å². The van der Waals surface area contributed by atoms with E-state index in [9.17, 15) is 0 Å². The van der Waals surface area contributed by atoms with Crippen molar-refractivity contribution in [3.8, 4) is 17.2 Å². The minimum atomic E-state index is 0.820. The molecule has 0 fully saturated rings. The summed E-state index contributed by atoms with van der Waals surface area (Å²) >= 11 is 0. The van der Waals surface area contributed by atoms with E-state index in [1.165, 1.54) is 0 Å². The minimum Gasteiger partial charge on any atom is -0.496 e. The molecule has 0 saturated carbocycles. The molecule has 0 aliphatic rings. The molecule has 3 aromatic rings. The second kappa shape index (κ2) is 3.25. The van der Waals surface area contributed by atoms with Crippen molar-refractivity contribution in [2.45, 2.75) is 0 Å². The third-order valence-electron chi connectivity index (χ3n) is 2.32. The van der Waals surface area contributed by atoms with Crippen LogP contribution in [0.15, 0.2) is 18.2 Å². The van der Waals surface area contributed by atoms with Crippen LogP contribution in [0.4, 0.5) is 0 Å². The Labute approximate surface area is 82.5 Å². The fraction of sp³-hybridized carbons (Fsp3) is 0.273. The van der Waals surface area contributed by atoms with Crippen LogP contribution in [0.5, 0.6) is 17.2 Å². The summed E-state index contributed by atoms with van der Waals surface area (Å²) in [5, 5.41) is 1.91. The Morgan fingerprint density at radius 1 is 0.714 bits per heavy atom. The second-order valence-electron chi connectivity index (χ2n) is 3.01. The van der Waals surface area contributed by atoms with Gasteiger partial charge in [0.15, 0.2) is 0 Å². The van der Waals surface area contributed by atoms with Gasteiger partial charge in [0.2, 0.25) is 0 Å². The van der Waals surface area contributed by atoms with Crippen molar-refractivity contribution in [3.05, 3.63) is 18.2 Å². The smallest absolute Gasteiger partial charge is 0.130 e. The summed E-state index contributed by atoms with van der Waals surface area (Å²) in [5.41, 5.74) is 0. The molecule has 0 unspecified atom stereocenters. The van der Waals surface area contributed by atoms with Crippen LogP contribution in [-0.4, -0.2) is 21.3 Å². The lowest BCUT2D eigenvalue weighted by Gasteiger charge is -2.14. The molecule has 0 amide bonds. The first kappa shape index (κ1) is 8.94. The first-order valence-electron chi connectivity index (χ1n) is 4.32. The quantitative estimate of drug-likeness (QED) is 0.746. The highest BCUT2D eigenvalue weighted by molar-refractivity contribution is 5.89. The number of ether oxygens (including phenoxy) is 3. The third-order valence-corrected chi connectivity index (χ3v) is 2.32. The number of rotatable bonds is 3. The van der Waals surface area contributed by atoms with E-state index in [0.717, 1.165) is 28.0 Å². The molecule has 0 saturated heterocycles. The fourth-order valence-corrected chi connectivity index (χ4v) is 1.61. The van der Waals surface area contributed by atoms with E-state index in [0.29, 0.717) is 0 Å². The molecular weight excluding hydrogens is 180 g/mol. The van der Waals surface area contributed by atoms with Crippen molar-refractivity contribution >= 4 is 10.8 Å². The molecule has 3 aromatic carbocycles. The zero-order valence-electron chi connectivity index (χ0n) is 8.46. The Bertz CT molecular complexity index is 408. The molecule has 0 spiro atoms. The Hall–Kier alpha value is -1.64. The van der Waals surface area contributed by atoms with Crippen molar-refractivity contribution in [2.24, 2.45) is 0 Å². The van der Waals surface area contributed by atoms with Crippen molar-refractivity contribution in [2.75, 3.05) is 21.3 Å². The van der Waals surface area contributed by atoms with E-state index in [1.807, 2.05) is 18.2 Å². The van der Waals surface area contributed by atoms with Crippen LogP contribution in [0.3, 0.4) is 0 Å². The molecule has 3 rings (SSSR count). The van der Waals surface area contributed by atoms with Gasteiger partial charge < -0.3 is 14.2 Å². The van der Waals surface area contributed by atoms with Crippen LogP contribution >= 0.6 is 0 Å². The van der Waals surface area contributed by atoms with Gasteiger partial charge in [-0.05, 0) is 18.2 Å². The summed E-state index contributed by atoms with van der Waals surface area (Å²) in [6.45, 7) is 0. The summed E-state index contributed by atoms with van der Waals surface area (Å²) in [6.07, 6.45) is 0. The van der Waals surface area contributed by atoms with E-state index >= 15 is 0 Å². The lowest BCUT2D eigenvalue weighted by Crippen LogP contribution is -1.94. The molecule has 3 nitrogen and oxygen atoms in total. The summed E-state index contributed by atoms with van der Waals surface area (Å²) in [5.74, 6) is 2.49. The molecule has 0 N–H and O–H groups in total. The van der Waals surface area contributed by atoms with Gasteiger partial charge in [0, 0.05) is 5.39 Å². The number of fused-ring (bicyclic) bond motifs is 3. The van der Waals surface area contributed by atoms with Crippen LogP contribution in [0.1, 0.15) is 0 Å². The van der Waals surface area contributed by atoms with Crippen LogP contribution in [-0.2, 0) is 0 Å². The third kappa shape index (κ3) is 1.13. The maximum atomic E-state index is 5.23. The average molecular weight is 192 g/mol. The molecule has 0 radical (unpaired) electrons. The van der Waals surface area contributed by atoms with Gasteiger partial charge in [0.1, 0.15) is 17.2 Å². The van der Waals surface area contributed by atoms with Gasteiger partial charge >= 0.3 is 0 Å². The zero-order valence-corrected chi connectivity index (χ0v) is 8.46. The van der Waals surface area contributed by atoms with Crippen LogP contribution in [0.25, 0.3) is 10.8 Å². The summed E-state index contributed by atoms with van der Waals surface area (Å²) in [6, 6.07) is 5.81. The van der Waals surface area contributed by atoms with Gasteiger partial charge in [0.05, 0.1) is 26.7 Å². The van der Waals surface area contributed by atoms with Crippen molar-refractivity contribution in [3.63, 3.8) is 0 Å². The molecular formula is C11H12O3. The van der Waals surface area contributed by atoms with Crippen molar-refractivity contribution in [1.82, 2.24) is 0 Å². The SMILES string of the molecule is COc1cc2c(OC)cc1cc2OC. The van der Waals surface area contributed by atoms with Gasteiger partial charge in [-0.2, -0.15) is 0 Å². The lowest BCUT2D eigenvalue weighted by molar-refractivity contribution is 0.396. The predicted molar refractivity (Wildman–Crippen MR) is 54.8 cm³/mol. The van der Waals surface area contributed by atoms with Gasteiger partial charge in [-0.15, -0.1) is 0 Å². The molecule has 0 atom stereocenters. The first-order valence-corrected chi connectivity index (χ1v) is 4.32. The fourth-order valence-electron chi connectivity index (χ4n) is 1.61. The molecule has 74 valence electrons. The van der Waals surface area contributed by atoms with Gasteiger partial charge in [0.25, 0.3) is 0 Å². The predicted octanol–water partition coefficient (Wildman–Crippen LogP) is 2.30. The highest BCUT2D eigenvalue weighted by Gasteiger charge is 2.12. The molecule has 0 aliphatic carbocycles. The van der Waals surface area contributed by atoms with Crippen LogP contribution in [0, 0.1) is 0 Å². The van der Waals surface area contributed by atoms with Gasteiger partial charge in [-0.25, -0.2) is 0 Å². The lowest BCUT2D eigenvalue weighted by atomic mass is 10.1.